The molecule has 0 bridgehead atoms. The zero-order valence-corrected chi connectivity index (χ0v) is 12.7. The maximum atomic E-state index is 11.8. The molecule has 0 saturated carbocycles. The maximum Gasteiger partial charge on any atom is 0.316 e. The van der Waals surface area contributed by atoms with Gasteiger partial charge in [-0.15, -0.1) is 11.8 Å². The molecule has 5 heteroatoms. The highest BCUT2D eigenvalue weighted by molar-refractivity contribution is 8.00. The zero-order valence-electron chi connectivity index (χ0n) is 11.9. The van der Waals surface area contributed by atoms with Crippen molar-refractivity contribution >= 4 is 29.3 Å². The minimum Gasteiger partial charge on any atom is -0.480 e. The molecule has 0 spiro atoms. The lowest BCUT2D eigenvalue weighted by Gasteiger charge is -2.12. The van der Waals surface area contributed by atoms with Gasteiger partial charge in [0.25, 0.3) is 0 Å². The van der Waals surface area contributed by atoms with Gasteiger partial charge in [0, 0.05) is 11.3 Å². The van der Waals surface area contributed by atoms with Crippen molar-refractivity contribution in [1.29, 1.82) is 0 Å². The molecule has 110 valence electrons. The Hall–Kier alpha value is -1.49. The van der Waals surface area contributed by atoms with Crippen molar-refractivity contribution in [1.82, 2.24) is 0 Å². The Morgan fingerprint density at radius 3 is 2.65 bits per heavy atom. The summed E-state index contributed by atoms with van der Waals surface area (Å²) in [4.78, 5) is 23.5. The van der Waals surface area contributed by atoms with Crippen LogP contribution in [0, 0.1) is 0 Å². The molecule has 0 saturated heterocycles. The average Bonchev–Trinajstić information content (AvgIpc) is 2.41. The van der Waals surface area contributed by atoms with Crippen molar-refractivity contribution in [3.8, 4) is 0 Å². The number of amides is 1. The molecule has 1 rings (SSSR count). The van der Waals surface area contributed by atoms with Crippen LogP contribution < -0.4 is 5.32 Å². The number of carboxylic acid groups (broad SMARTS) is 1. The van der Waals surface area contributed by atoms with Crippen LogP contribution >= 0.6 is 11.8 Å². The normalized spacial score (nSPS) is 11.9. The monoisotopic (exact) mass is 295 g/mol. The number of para-hydroxylation sites is 1. The van der Waals surface area contributed by atoms with Gasteiger partial charge in [-0.2, -0.15) is 0 Å². The topological polar surface area (TPSA) is 66.4 Å². The Morgan fingerprint density at radius 1 is 1.30 bits per heavy atom. The van der Waals surface area contributed by atoms with Crippen LogP contribution in [0.2, 0.25) is 0 Å². The molecule has 0 fully saturated rings. The van der Waals surface area contributed by atoms with Gasteiger partial charge in [-0.05, 0) is 25.5 Å². The lowest BCUT2D eigenvalue weighted by atomic mass is 10.2. The van der Waals surface area contributed by atoms with Gasteiger partial charge >= 0.3 is 5.97 Å². The Labute approximate surface area is 124 Å². The quantitative estimate of drug-likeness (QED) is 0.566. The number of carbonyl (C=O) groups is 2. The fourth-order valence-electron chi connectivity index (χ4n) is 1.66. The fraction of sp³-hybridized carbons (Fsp3) is 0.467. The number of nitrogens with one attached hydrogen (secondary N) is 1. The third-order valence-electron chi connectivity index (χ3n) is 2.82. The van der Waals surface area contributed by atoms with E-state index in [2.05, 4.69) is 12.2 Å². The second-order valence-electron chi connectivity index (χ2n) is 4.60. The summed E-state index contributed by atoms with van der Waals surface area (Å²) in [5, 5.41) is 11.3. The zero-order chi connectivity index (χ0) is 15.0. The molecule has 1 aromatic carbocycles. The molecule has 0 radical (unpaired) electrons. The van der Waals surface area contributed by atoms with Crippen LogP contribution in [0.25, 0.3) is 0 Å². The highest BCUT2D eigenvalue weighted by Gasteiger charge is 2.15. The SMILES string of the molecule is CCCCCC(=O)Nc1ccccc1SC(C)C(=O)O. The molecular formula is C15H21NO3S. The van der Waals surface area contributed by atoms with Gasteiger partial charge in [0.05, 0.1) is 5.69 Å². The number of carbonyl (C=O) groups excluding carboxylic acids is 1. The standard InChI is InChI=1S/C15H21NO3S/c1-3-4-5-10-14(17)16-12-8-6-7-9-13(12)20-11(2)15(18)19/h6-9,11H,3-5,10H2,1-2H3,(H,16,17)(H,18,19). The van der Waals surface area contributed by atoms with E-state index in [1.54, 1.807) is 13.0 Å². The van der Waals surface area contributed by atoms with Crippen LogP contribution in [0.1, 0.15) is 39.5 Å². The van der Waals surface area contributed by atoms with Crippen LogP contribution in [-0.2, 0) is 9.59 Å². The predicted octanol–water partition coefficient (Wildman–Crippen LogP) is 3.77. The molecule has 1 aromatic rings. The Balaban J connectivity index is 2.65. The maximum absolute atomic E-state index is 11.8. The first kappa shape index (κ1) is 16.6. The van der Waals surface area contributed by atoms with Crippen LogP contribution in [0.3, 0.4) is 0 Å². The number of unbranched alkanes of at least 4 members (excludes halogenated alkanes) is 2. The summed E-state index contributed by atoms with van der Waals surface area (Å²) in [5.41, 5.74) is 0.687. The van der Waals surface area contributed by atoms with Crippen molar-refractivity contribution < 1.29 is 14.7 Å². The van der Waals surface area contributed by atoms with Crippen molar-refractivity contribution in [2.24, 2.45) is 0 Å². The van der Waals surface area contributed by atoms with Gasteiger partial charge in [-0.1, -0.05) is 31.9 Å². The van der Waals surface area contributed by atoms with Gasteiger partial charge in [-0.3, -0.25) is 9.59 Å². The third-order valence-corrected chi connectivity index (χ3v) is 3.99. The number of hydrogen-bond donors (Lipinski definition) is 2. The summed E-state index contributed by atoms with van der Waals surface area (Å²) in [7, 11) is 0. The molecule has 20 heavy (non-hydrogen) atoms. The summed E-state index contributed by atoms with van der Waals surface area (Å²) in [6, 6.07) is 7.29. The summed E-state index contributed by atoms with van der Waals surface area (Å²) in [6.45, 7) is 3.73. The molecule has 1 amide bonds. The number of thioether (sulfide) groups is 1. The van der Waals surface area contributed by atoms with Crippen LogP contribution in [0.4, 0.5) is 5.69 Å². The first-order valence-corrected chi connectivity index (χ1v) is 7.71. The molecule has 4 nitrogen and oxygen atoms in total. The molecule has 0 aliphatic carbocycles. The van der Waals surface area contributed by atoms with Crippen LogP contribution in [-0.4, -0.2) is 22.2 Å². The summed E-state index contributed by atoms with van der Waals surface area (Å²) < 4.78 is 0. The van der Waals surface area contributed by atoms with E-state index in [4.69, 9.17) is 5.11 Å². The van der Waals surface area contributed by atoms with Crippen LogP contribution in [0.5, 0.6) is 0 Å². The van der Waals surface area contributed by atoms with Crippen molar-refractivity contribution in [2.45, 2.75) is 49.7 Å². The molecule has 1 unspecified atom stereocenters. The van der Waals surface area contributed by atoms with E-state index in [0.717, 1.165) is 24.2 Å². The second-order valence-corrected chi connectivity index (χ2v) is 5.98. The number of carboxylic acids is 1. The lowest BCUT2D eigenvalue weighted by Crippen LogP contribution is -2.14. The van der Waals surface area contributed by atoms with Crippen molar-refractivity contribution in [2.75, 3.05) is 5.32 Å². The predicted molar refractivity (Wildman–Crippen MR) is 82.2 cm³/mol. The number of aliphatic carboxylic acids is 1. The number of benzene rings is 1. The van der Waals surface area contributed by atoms with E-state index < -0.39 is 11.2 Å². The van der Waals surface area contributed by atoms with Crippen molar-refractivity contribution in [3.05, 3.63) is 24.3 Å². The Morgan fingerprint density at radius 2 is 2.00 bits per heavy atom. The van der Waals surface area contributed by atoms with Gasteiger partial charge in [-0.25, -0.2) is 0 Å². The number of anilines is 1. The highest BCUT2D eigenvalue weighted by atomic mass is 32.2. The minimum absolute atomic E-state index is 0.0190. The van der Waals surface area contributed by atoms with Gasteiger partial charge < -0.3 is 10.4 Å². The Bertz CT molecular complexity index is 462. The summed E-state index contributed by atoms with van der Waals surface area (Å²) in [6.07, 6.45) is 3.50. The molecule has 2 N–H and O–H groups in total. The third kappa shape index (κ3) is 5.65. The summed E-state index contributed by atoms with van der Waals surface area (Å²) in [5.74, 6) is -0.881. The lowest BCUT2D eigenvalue weighted by molar-refractivity contribution is -0.136. The fourth-order valence-corrected chi connectivity index (χ4v) is 2.55. The largest absolute Gasteiger partial charge is 0.480 e. The summed E-state index contributed by atoms with van der Waals surface area (Å²) >= 11 is 1.23. The highest BCUT2D eigenvalue weighted by Crippen LogP contribution is 2.30. The van der Waals surface area contributed by atoms with E-state index >= 15 is 0 Å². The molecule has 0 aliphatic rings. The average molecular weight is 295 g/mol. The van der Waals surface area contributed by atoms with E-state index in [1.165, 1.54) is 11.8 Å². The van der Waals surface area contributed by atoms with Gasteiger partial charge in [0.15, 0.2) is 0 Å². The molecule has 0 aromatic heterocycles. The van der Waals surface area contributed by atoms with Crippen molar-refractivity contribution in [3.63, 3.8) is 0 Å². The smallest absolute Gasteiger partial charge is 0.316 e. The molecule has 0 aliphatic heterocycles. The van der Waals surface area contributed by atoms with Gasteiger partial charge in [0.2, 0.25) is 5.91 Å². The molecule has 1 atom stereocenters. The van der Waals surface area contributed by atoms with E-state index in [1.807, 2.05) is 18.2 Å². The molecule has 0 heterocycles. The first-order chi connectivity index (χ1) is 9.54. The first-order valence-electron chi connectivity index (χ1n) is 6.83. The molecular weight excluding hydrogens is 274 g/mol. The van der Waals surface area contributed by atoms with E-state index in [-0.39, 0.29) is 5.91 Å². The number of hydrogen-bond acceptors (Lipinski definition) is 3. The second kappa shape index (κ2) is 8.64. The van der Waals surface area contributed by atoms with E-state index in [9.17, 15) is 9.59 Å². The van der Waals surface area contributed by atoms with E-state index in [0.29, 0.717) is 12.1 Å². The van der Waals surface area contributed by atoms with Crippen LogP contribution in [0.15, 0.2) is 29.2 Å². The van der Waals surface area contributed by atoms with Gasteiger partial charge in [0.1, 0.15) is 5.25 Å². The number of rotatable bonds is 8. The Kier molecular flexibility index (Phi) is 7.15. The minimum atomic E-state index is -0.862.